The average Bonchev–Trinajstić information content (AvgIpc) is 2.81. The van der Waals surface area contributed by atoms with Crippen LogP contribution in [0.25, 0.3) is 0 Å². The van der Waals surface area contributed by atoms with E-state index in [9.17, 15) is 18.0 Å². The monoisotopic (exact) mass is 451 g/mol. The molecule has 0 bridgehead atoms. The Hall–Kier alpha value is -3.49. The third-order valence-electron chi connectivity index (χ3n) is 4.87. The van der Waals surface area contributed by atoms with E-state index >= 15 is 0 Å². The molecule has 0 aliphatic carbocycles. The summed E-state index contributed by atoms with van der Waals surface area (Å²) in [6.07, 6.45) is 0. The molecule has 3 aromatic carbocycles. The molecule has 0 saturated carbocycles. The fourth-order valence-corrected chi connectivity index (χ4v) is 4.62. The molecule has 0 unspecified atom stereocenters. The van der Waals surface area contributed by atoms with Crippen molar-refractivity contribution in [1.82, 2.24) is 4.31 Å². The van der Waals surface area contributed by atoms with E-state index in [0.717, 1.165) is 0 Å². The summed E-state index contributed by atoms with van der Waals surface area (Å²) >= 11 is 0. The standard InChI is InChI=1S/C24H25N3O4S/c1-3-27(4-2)32(30,31)22-15-13-20(14-16-22)25-24(29)19-11-8-12-21(17-19)26-23(28)18-9-6-5-7-10-18/h5-17H,3-4H2,1-2H3,(H,25,29)(H,26,28). The van der Waals surface area contributed by atoms with Gasteiger partial charge in [-0.15, -0.1) is 0 Å². The lowest BCUT2D eigenvalue weighted by Crippen LogP contribution is -2.30. The van der Waals surface area contributed by atoms with Crippen LogP contribution in [-0.2, 0) is 10.0 Å². The van der Waals surface area contributed by atoms with Crippen LogP contribution in [0.15, 0.2) is 83.8 Å². The van der Waals surface area contributed by atoms with Crippen molar-refractivity contribution in [1.29, 1.82) is 0 Å². The molecule has 8 heteroatoms. The first-order chi connectivity index (χ1) is 15.3. The SMILES string of the molecule is CCN(CC)S(=O)(=O)c1ccc(NC(=O)c2cccc(NC(=O)c3ccccc3)c2)cc1. The minimum Gasteiger partial charge on any atom is -0.322 e. The van der Waals surface area contributed by atoms with Crippen LogP contribution in [0.5, 0.6) is 0 Å². The molecule has 0 atom stereocenters. The van der Waals surface area contributed by atoms with Crippen molar-refractivity contribution in [2.75, 3.05) is 23.7 Å². The average molecular weight is 452 g/mol. The molecule has 0 heterocycles. The summed E-state index contributed by atoms with van der Waals surface area (Å²) in [7, 11) is -3.56. The van der Waals surface area contributed by atoms with Crippen molar-refractivity contribution in [3.8, 4) is 0 Å². The second-order valence-electron chi connectivity index (χ2n) is 6.97. The number of carbonyl (C=O) groups excluding carboxylic acids is 2. The minimum atomic E-state index is -3.56. The molecule has 3 aromatic rings. The predicted octanol–water partition coefficient (Wildman–Crippen LogP) is 4.22. The summed E-state index contributed by atoms with van der Waals surface area (Å²) in [5.74, 6) is -0.645. The van der Waals surface area contributed by atoms with Crippen LogP contribution < -0.4 is 10.6 Å². The van der Waals surface area contributed by atoms with E-state index in [0.29, 0.717) is 35.6 Å². The summed E-state index contributed by atoms with van der Waals surface area (Å²) in [6.45, 7) is 4.33. The van der Waals surface area contributed by atoms with Gasteiger partial charge in [-0.1, -0.05) is 38.1 Å². The Morgan fingerprint density at radius 2 is 1.28 bits per heavy atom. The lowest BCUT2D eigenvalue weighted by atomic mass is 10.1. The molecule has 0 fully saturated rings. The van der Waals surface area contributed by atoms with Gasteiger partial charge in [0.25, 0.3) is 11.8 Å². The third-order valence-corrected chi connectivity index (χ3v) is 6.94. The maximum absolute atomic E-state index is 12.7. The van der Waals surface area contributed by atoms with Crippen molar-refractivity contribution in [2.45, 2.75) is 18.7 Å². The normalized spacial score (nSPS) is 11.2. The van der Waals surface area contributed by atoms with Gasteiger partial charge in [0.05, 0.1) is 4.90 Å². The van der Waals surface area contributed by atoms with Crippen LogP contribution in [-0.4, -0.2) is 37.6 Å². The Morgan fingerprint density at radius 3 is 1.91 bits per heavy atom. The van der Waals surface area contributed by atoms with Crippen LogP contribution in [0.2, 0.25) is 0 Å². The number of nitrogens with one attached hydrogen (secondary N) is 2. The second kappa shape index (κ2) is 10.2. The van der Waals surface area contributed by atoms with Gasteiger partial charge in [-0.2, -0.15) is 4.31 Å². The first-order valence-electron chi connectivity index (χ1n) is 10.2. The number of hydrogen-bond donors (Lipinski definition) is 2. The number of sulfonamides is 1. The van der Waals surface area contributed by atoms with Gasteiger partial charge in [-0.3, -0.25) is 9.59 Å². The van der Waals surface area contributed by atoms with Gasteiger partial charge < -0.3 is 10.6 Å². The fraction of sp³-hybridized carbons (Fsp3) is 0.167. The number of anilines is 2. The highest BCUT2D eigenvalue weighted by atomic mass is 32.2. The van der Waals surface area contributed by atoms with E-state index in [2.05, 4.69) is 10.6 Å². The van der Waals surface area contributed by atoms with E-state index in [1.165, 1.54) is 16.4 Å². The molecule has 2 N–H and O–H groups in total. The van der Waals surface area contributed by atoms with Crippen molar-refractivity contribution < 1.29 is 18.0 Å². The number of rotatable bonds is 8. The van der Waals surface area contributed by atoms with Crippen molar-refractivity contribution >= 4 is 33.2 Å². The van der Waals surface area contributed by atoms with Crippen molar-refractivity contribution in [3.63, 3.8) is 0 Å². The van der Waals surface area contributed by atoms with Gasteiger partial charge in [0.1, 0.15) is 0 Å². The maximum atomic E-state index is 12.7. The van der Waals surface area contributed by atoms with Crippen LogP contribution in [0.4, 0.5) is 11.4 Å². The number of amides is 2. The lowest BCUT2D eigenvalue weighted by Gasteiger charge is -2.18. The molecular formula is C24H25N3O4S. The van der Waals surface area contributed by atoms with Crippen molar-refractivity contribution in [3.05, 3.63) is 90.0 Å². The zero-order chi connectivity index (χ0) is 23.1. The summed E-state index contributed by atoms with van der Waals surface area (Å²) in [5, 5.41) is 5.52. The van der Waals surface area contributed by atoms with E-state index in [1.54, 1.807) is 74.5 Å². The smallest absolute Gasteiger partial charge is 0.255 e. The Morgan fingerprint density at radius 1 is 0.719 bits per heavy atom. The summed E-state index contributed by atoms with van der Waals surface area (Å²) < 4.78 is 26.5. The zero-order valence-electron chi connectivity index (χ0n) is 17.9. The quantitative estimate of drug-likeness (QED) is 0.536. The van der Waals surface area contributed by atoms with Crippen molar-refractivity contribution in [2.24, 2.45) is 0 Å². The first-order valence-corrected chi connectivity index (χ1v) is 11.7. The number of carbonyl (C=O) groups is 2. The summed E-state index contributed by atoms with van der Waals surface area (Å²) in [6, 6.07) is 21.4. The predicted molar refractivity (Wildman–Crippen MR) is 125 cm³/mol. The van der Waals surface area contributed by atoms with Crippen LogP contribution in [0.1, 0.15) is 34.6 Å². The van der Waals surface area contributed by atoms with E-state index in [-0.39, 0.29) is 16.7 Å². The fourth-order valence-electron chi connectivity index (χ4n) is 3.16. The second-order valence-corrected chi connectivity index (χ2v) is 8.91. The Bertz CT molecular complexity index is 1190. The zero-order valence-corrected chi connectivity index (χ0v) is 18.7. The maximum Gasteiger partial charge on any atom is 0.255 e. The van der Waals surface area contributed by atoms with Gasteiger partial charge in [0, 0.05) is 35.6 Å². The topological polar surface area (TPSA) is 95.6 Å². The summed E-state index contributed by atoms with van der Waals surface area (Å²) in [4.78, 5) is 25.2. The van der Waals surface area contributed by atoms with Crippen LogP contribution in [0, 0.1) is 0 Å². The van der Waals surface area contributed by atoms with Gasteiger partial charge in [0.2, 0.25) is 10.0 Å². The third kappa shape index (κ3) is 5.40. The largest absolute Gasteiger partial charge is 0.322 e. The molecular weight excluding hydrogens is 426 g/mol. The molecule has 0 saturated heterocycles. The van der Waals surface area contributed by atoms with Crippen LogP contribution in [0.3, 0.4) is 0 Å². The lowest BCUT2D eigenvalue weighted by molar-refractivity contribution is 0.101. The van der Waals surface area contributed by atoms with Gasteiger partial charge in [0.15, 0.2) is 0 Å². The molecule has 0 aliphatic heterocycles. The van der Waals surface area contributed by atoms with E-state index in [1.807, 2.05) is 6.07 Å². The summed E-state index contributed by atoms with van der Waals surface area (Å²) in [5.41, 5.74) is 1.83. The molecule has 0 aliphatic rings. The van der Waals surface area contributed by atoms with Gasteiger partial charge in [-0.25, -0.2) is 8.42 Å². The Kier molecular flexibility index (Phi) is 7.40. The van der Waals surface area contributed by atoms with Gasteiger partial charge in [-0.05, 0) is 54.6 Å². The molecule has 32 heavy (non-hydrogen) atoms. The molecule has 0 radical (unpaired) electrons. The Balaban J connectivity index is 1.70. The number of hydrogen-bond acceptors (Lipinski definition) is 4. The minimum absolute atomic E-state index is 0.171. The van der Waals surface area contributed by atoms with E-state index in [4.69, 9.17) is 0 Å². The highest BCUT2D eigenvalue weighted by molar-refractivity contribution is 7.89. The van der Waals surface area contributed by atoms with E-state index < -0.39 is 10.0 Å². The first kappa shape index (κ1) is 23.2. The number of nitrogens with zero attached hydrogens (tertiary/aromatic N) is 1. The van der Waals surface area contributed by atoms with Gasteiger partial charge >= 0.3 is 0 Å². The molecule has 166 valence electrons. The number of benzene rings is 3. The molecule has 0 spiro atoms. The molecule has 0 aromatic heterocycles. The molecule has 3 rings (SSSR count). The molecule has 7 nitrogen and oxygen atoms in total. The Labute approximate surface area is 188 Å². The highest BCUT2D eigenvalue weighted by Crippen LogP contribution is 2.19. The highest BCUT2D eigenvalue weighted by Gasteiger charge is 2.21. The van der Waals surface area contributed by atoms with Crippen LogP contribution >= 0.6 is 0 Å². The molecule has 2 amide bonds.